The van der Waals surface area contributed by atoms with Crippen molar-refractivity contribution < 1.29 is 13.9 Å². The molecule has 25 heavy (non-hydrogen) atoms. The number of hydrogen-bond donors (Lipinski definition) is 1. The number of nitrogens with zero attached hydrogens (tertiary/aromatic N) is 4. The minimum absolute atomic E-state index is 0.179. The van der Waals surface area contributed by atoms with Gasteiger partial charge in [-0.2, -0.15) is 10.1 Å². The number of esters is 1. The molecule has 7 nitrogen and oxygen atoms in total. The minimum atomic E-state index is -0.546. The molecule has 0 aliphatic carbocycles. The van der Waals surface area contributed by atoms with E-state index in [1.807, 2.05) is 6.92 Å². The van der Waals surface area contributed by atoms with Gasteiger partial charge in [-0.05, 0) is 43.7 Å². The monoisotopic (exact) mass is 341 g/mol. The lowest BCUT2D eigenvalue weighted by molar-refractivity contribution is 0.0526. The van der Waals surface area contributed by atoms with Crippen molar-refractivity contribution >= 4 is 17.5 Å². The summed E-state index contributed by atoms with van der Waals surface area (Å²) in [7, 11) is 0. The number of anilines is 2. The highest BCUT2D eigenvalue weighted by Crippen LogP contribution is 2.20. The molecule has 0 bridgehead atoms. The van der Waals surface area contributed by atoms with Crippen molar-refractivity contribution in [3.8, 4) is 5.95 Å². The maximum Gasteiger partial charge on any atom is 0.343 e. The van der Waals surface area contributed by atoms with E-state index in [0.29, 0.717) is 11.6 Å². The van der Waals surface area contributed by atoms with Gasteiger partial charge in [-0.25, -0.2) is 18.9 Å². The molecular formula is C17H16FN5O2. The quantitative estimate of drug-likeness (QED) is 0.718. The molecule has 3 aromatic rings. The maximum atomic E-state index is 13.1. The number of aryl methyl sites for hydroxylation is 1. The summed E-state index contributed by atoms with van der Waals surface area (Å²) in [6, 6.07) is 5.71. The van der Waals surface area contributed by atoms with Gasteiger partial charge in [-0.3, -0.25) is 0 Å². The van der Waals surface area contributed by atoms with Crippen LogP contribution in [0.3, 0.4) is 0 Å². The van der Waals surface area contributed by atoms with E-state index in [4.69, 9.17) is 4.74 Å². The van der Waals surface area contributed by atoms with Gasteiger partial charge in [0.2, 0.25) is 0 Å². The van der Waals surface area contributed by atoms with Gasteiger partial charge in [-0.15, -0.1) is 0 Å². The molecule has 2 heterocycles. The Labute approximate surface area is 143 Å². The highest BCUT2D eigenvalue weighted by molar-refractivity contribution is 5.95. The third-order valence-electron chi connectivity index (χ3n) is 3.29. The molecule has 0 atom stereocenters. The summed E-state index contributed by atoms with van der Waals surface area (Å²) in [6.45, 7) is 3.84. The van der Waals surface area contributed by atoms with Crippen LogP contribution in [0, 0.1) is 12.7 Å². The standard InChI is InChI=1S/C17H16FN5O2/c1-3-25-16(24)14-9-19-17(23-10-11(2)8-20-23)22-15(14)21-13-6-4-12(18)5-7-13/h4-10H,3H2,1-2H3,(H,19,21,22). The first kappa shape index (κ1) is 16.6. The van der Waals surface area contributed by atoms with Gasteiger partial charge in [0.15, 0.2) is 5.82 Å². The van der Waals surface area contributed by atoms with Gasteiger partial charge in [0, 0.05) is 18.1 Å². The molecular weight excluding hydrogens is 325 g/mol. The molecule has 0 saturated heterocycles. The number of carbonyl (C=O) groups excluding carboxylic acids is 1. The second-order valence-corrected chi connectivity index (χ2v) is 5.25. The summed E-state index contributed by atoms with van der Waals surface area (Å²) in [5.74, 6) is -0.351. The van der Waals surface area contributed by atoms with E-state index in [-0.39, 0.29) is 23.8 Å². The first-order valence-electron chi connectivity index (χ1n) is 7.65. The van der Waals surface area contributed by atoms with E-state index < -0.39 is 5.97 Å². The second-order valence-electron chi connectivity index (χ2n) is 5.25. The molecule has 0 fully saturated rings. The number of nitrogens with one attached hydrogen (secondary N) is 1. The van der Waals surface area contributed by atoms with Crippen LogP contribution in [-0.4, -0.2) is 32.3 Å². The van der Waals surface area contributed by atoms with Crippen LogP contribution < -0.4 is 5.32 Å². The Morgan fingerprint density at radius 3 is 2.68 bits per heavy atom. The number of carbonyl (C=O) groups is 1. The van der Waals surface area contributed by atoms with Crippen LogP contribution in [0.25, 0.3) is 5.95 Å². The fourth-order valence-corrected chi connectivity index (χ4v) is 2.13. The Hall–Kier alpha value is -3.29. The summed E-state index contributed by atoms with van der Waals surface area (Å²) in [5, 5.41) is 7.15. The van der Waals surface area contributed by atoms with Gasteiger partial charge < -0.3 is 10.1 Å². The maximum absolute atomic E-state index is 13.1. The molecule has 0 spiro atoms. The summed E-state index contributed by atoms with van der Waals surface area (Å²) in [4.78, 5) is 20.7. The van der Waals surface area contributed by atoms with Crippen molar-refractivity contribution in [2.45, 2.75) is 13.8 Å². The molecule has 1 N–H and O–H groups in total. The molecule has 8 heteroatoms. The molecule has 3 rings (SSSR count). The van der Waals surface area contributed by atoms with Crippen molar-refractivity contribution in [1.29, 1.82) is 0 Å². The second kappa shape index (κ2) is 7.08. The Morgan fingerprint density at radius 2 is 2.04 bits per heavy atom. The Kier molecular flexibility index (Phi) is 4.69. The van der Waals surface area contributed by atoms with Crippen LogP contribution in [0.1, 0.15) is 22.8 Å². The Balaban J connectivity index is 2.00. The van der Waals surface area contributed by atoms with E-state index in [1.165, 1.54) is 23.0 Å². The first-order valence-corrected chi connectivity index (χ1v) is 7.65. The van der Waals surface area contributed by atoms with E-state index >= 15 is 0 Å². The predicted octanol–water partition coefficient (Wildman–Crippen LogP) is 3.03. The number of aromatic nitrogens is 4. The fraction of sp³-hybridized carbons (Fsp3) is 0.176. The van der Waals surface area contributed by atoms with Crippen molar-refractivity contribution in [1.82, 2.24) is 19.7 Å². The zero-order valence-corrected chi connectivity index (χ0v) is 13.7. The van der Waals surface area contributed by atoms with Crippen LogP contribution in [-0.2, 0) is 4.74 Å². The number of halogens is 1. The van der Waals surface area contributed by atoms with Crippen LogP contribution in [0.2, 0.25) is 0 Å². The lowest BCUT2D eigenvalue weighted by atomic mass is 10.2. The van der Waals surface area contributed by atoms with E-state index in [9.17, 15) is 9.18 Å². The van der Waals surface area contributed by atoms with Gasteiger partial charge in [0.05, 0.1) is 12.8 Å². The van der Waals surface area contributed by atoms with E-state index in [0.717, 1.165) is 5.56 Å². The van der Waals surface area contributed by atoms with Gasteiger partial charge in [0.1, 0.15) is 11.4 Å². The summed E-state index contributed by atoms with van der Waals surface area (Å²) in [6.07, 6.45) is 4.82. The number of rotatable bonds is 5. The zero-order chi connectivity index (χ0) is 17.8. The molecule has 0 aliphatic heterocycles. The molecule has 2 aromatic heterocycles. The number of ether oxygens (including phenoxy) is 1. The van der Waals surface area contributed by atoms with Gasteiger partial charge in [-0.1, -0.05) is 0 Å². The molecule has 0 amide bonds. The van der Waals surface area contributed by atoms with Crippen molar-refractivity contribution in [2.24, 2.45) is 0 Å². The number of hydrogen-bond acceptors (Lipinski definition) is 6. The molecule has 0 aliphatic rings. The smallest absolute Gasteiger partial charge is 0.343 e. The Bertz CT molecular complexity index is 892. The van der Waals surface area contributed by atoms with Crippen LogP contribution in [0.4, 0.5) is 15.9 Å². The summed E-state index contributed by atoms with van der Waals surface area (Å²) < 4.78 is 19.6. The number of benzene rings is 1. The summed E-state index contributed by atoms with van der Waals surface area (Å²) >= 11 is 0. The van der Waals surface area contributed by atoms with Crippen LogP contribution in [0.15, 0.2) is 42.9 Å². The fourth-order valence-electron chi connectivity index (χ4n) is 2.13. The molecule has 0 unspecified atom stereocenters. The first-order chi connectivity index (χ1) is 12.1. The minimum Gasteiger partial charge on any atom is -0.462 e. The topological polar surface area (TPSA) is 81.9 Å². The Morgan fingerprint density at radius 1 is 1.28 bits per heavy atom. The average molecular weight is 341 g/mol. The zero-order valence-electron chi connectivity index (χ0n) is 13.7. The van der Waals surface area contributed by atoms with E-state index in [2.05, 4.69) is 20.4 Å². The largest absolute Gasteiger partial charge is 0.462 e. The molecule has 0 saturated carbocycles. The van der Waals surface area contributed by atoms with Crippen molar-refractivity contribution in [2.75, 3.05) is 11.9 Å². The molecule has 128 valence electrons. The van der Waals surface area contributed by atoms with Gasteiger partial charge >= 0.3 is 5.97 Å². The highest BCUT2D eigenvalue weighted by atomic mass is 19.1. The third kappa shape index (κ3) is 3.79. The van der Waals surface area contributed by atoms with Crippen LogP contribution in [0.5, 0.6) is 0 Å². The molecule has 0 radical (unpaired) electrons. The van der Waals surface area contributed by atoms with Crippen molar-refractivity contribution in [3.05, 3.63) is 59.8 Å². The summed E-state index contributed by atoms with van der Waals surface area (Å²) in [5.41, 5.74) is 1.71. The van der Waals surface area contributed by atoms with Gasteiger partial charge in [0.25, 0.3) is 5.95 Å². The molecule has 1 aromatic carbocycles. The lowest BCUT2D eigenvalue weighted by Gasteiger charge is -2.11. The van der Waals surface area contributed by atoms with Crippen LogP contribution >= 0.6 is 0 Å². The highest BCUT2D eigenvalue weighted by Gasteiger charge is 2.17. The SMILES string of the molecule is CCOC(=O)c1cnc(-n2cc(C)cn2)nc1Nc1ccc(F)cc1. The third-order valence-corrected chi connectivity index (χ3v) is 3.29. The van der Waals surface area contributed by atoms with E-state index in [1.54, 1.807) is 31.5 Å². The predicted molar refractivity (Wildman–Crippen MR) is 89.5 cm³/mol. The average Bonchev–Trinajstić information content (AvgIpc) is 3.03. The normalized spacial score (nSPS) is 10.5. The van der Waals surface area contributed by atoms with Crippen molar-refractivity contribution in [3.63, 3.8) is 0 Å². The lowest BCUT2D eigenvalue weighted by Crippen LogP contribution is -2.13.